The molecule has 25 heavy (non-hydrogen) atoms. The van der Waals surface area contributed by atoms with Crippen LogP contribution >= 0.6 is 0 Å². The Labute approximate surface area is 148 Å². The highest BCUT2D eigenvalue weighted by Gasteiger charge is 2.20. The van der Waals surface area contributed by atoms with Crippen LogP contribution in [0.1, 0.15) is 29.8 Å². The van der Waals surface area contributed by atoms with Crippen molar-refractivity contribution in [1.82, 2.24) is 5.32 Å². The van der Waals surface area contributed by atoms with Crippen LogP contribution in [-0.4, -0.2) is 30.9 Å². The molecule has 0 unspecified atom stereocenters. The molecule has 0 aromatic heterocycles. The number of para-hydroxylation sites is 1. The molecule has 0 saturated carbocycles. The topological polar surface area (TPSA) is 61.4 Å². The number of anilines is 2. The number of fused-ring (bicyclic) bond motifs is 1. The van der Waals surface area contributed by atoms with Crippen molar-refractivity contribution in [3.8, 4) is 0 Å². The van der Waals surface area contributed by atoms with Crippen LogP contribution in [0.25, 0.3) is 0 Å². The van der Waals surface area contributed by atoms with Gasteiger partial charge in [0.05, 0.1) is 6.54 Å². The molecule has 2 aromatic carbocycles. The normalized spacial score (nSPS) is 12.8. The molecule has 130 valence electrons. The van der Waals surface area contributed by atoms with E-state index in [4.69, 9.17) is 0 Å². The number of nitrogens with one attached hydrogen (secondary N) is 2. The van der Waals surface area contributed by atoms with E-state index in [1.54, 1.807) is 24.3 Å². The maximum atomic E-state index is 12.4. The van der Waals surface area contributed by atoms with Crippen LogP contribution in [0, 0.1) is 0 Å². The smallest absolute Gasteiger partial charge is 0.251 e. The first-order valence-electron chi connectivity index (χ1n) is 8.56. The van der Waals surface area contributed by atoms with Crippen molar-refractivity contribution in [1.29, 1.82) is 0 Å². The number of rotatable bonds is 5. The molecule has 0 radical (unpaired) electrons. The van der Waals surface area contributed by atoms with Crippen LogP contribution in [0.5, 0.6) is 0 Å². The standard InChI is InChI=1S/C20H23N3O2/c1-14(2)21-20(25)16-7-5-8-17(12-16)22-19(24)13-23-11-10-15-6-3-4-9-18(15)23/h3-9,12,14H,10-11,13H2,1-2H3,(H,21,25)(H,22,24). The third kappa shape index (κ3) is 4.18. The summed E-state index contributed by atoms with van der Waals surface area (Å²) in [5, 5.41) is 5.74. The van der Waals surface area contributed by atoms with Gasteiger partial charge in [-0.1, -0.05) is 24.3 Å². The molecule has 1 aliphatic rings. The van der Waals surface area contributed by atoms with E-state index >= 15 is 0 Å². The fourth-order valence-corrected chi connectivity index (χ4v) is 3.03. The van der Waals surface area contributed by atoms with E-state index < -0.39 is 0 Å². The molecule has 2 N–H and O–H groups in total. The third-order valence-corrected chi connectivity index (χ3v) is 4.15. The molecule has 2 aromatic rings. The first-order valence-corrected chi connectivity index (χ1v) is 8.56. The molecule has 0 aliphatic carbocycles. The quantitative estimate of drug-likeness (QED) is 0.882. The zero-order valence-electron chi connectivity index (χ0n) is 14.6. The number of nitrogens with zero attached hydrogens (tertiary/aromatic N) is 1. The molecule has 1 heterocycles. The van der Waals surface area contributed by atoms with E-state index in [9.17, 15) is 9.59 Å². The molecule has 5 heteroatoms. The summed E-state index contributed by atoms with van der Waals surface area (Å²) < 4.78 is 0. The van der Waals surface area contributed by atoms with E-state index in [0.717, 1.165) is 18.7 Å². The van der Waals surface area contributed by atoms with Gasteiger partial charge in [-0.25, -0.2) is 0 Å². The van der Waals surface area contributed by atoms with E-state index in [1.807, 2.05) is 32.0 Å². The van der Waals surface area contributed by atoms with Crippen LogP contribution < -0.4 is 15.5 Å². The number of carbonyl (C=O) groups is 2. The highest BCUT2D eigenvalue weighted by molar-refractivity contribution is 5.98. The highest BCUT2D eigenvalue weighted by Crippen LogP contribution is 2.27. The molecular formula is C20H23N3O2. The first kappa shape index (κ1) is 17.0. The summed E-state index contributed by atoms with van der Waals surface area (Å²) >= 11 is 0. The lowest BCUT2D eigenvalue weighted by molar-refractivity contribution is -0.115. The summed E-state index contributed by atoms with van der Waals surface area (Å²) in [6.07, 6.45) is 0.967. The average molecular weight is 337 g/mol. The summed E-state index contributed by atoms with van der Waals surface area (Å²) in [5.41, 5.74) is 3.58. The monoisotopic (exact) mass is 337 g/mol. The summed E-state index contributed by atoms with van der Waals surface area (Å²) in [4.78, 5) is 26.5. The number of benzene rings is 2. The number of carbonyl (C=O) groups excluding carboxylic acids is 2. The van der Waals surface area contributed by atoms with Gasteiger partial charge in [0.15, 0.2) is 0 Å². The number of hydrogen-bond donors (Lipinski definition) is 2. The van der Waals surface area contributed by atoms with Crippen LogP contribution in [0.3, 0.4) is 0 Å². The van der Waals surface area contributed by atoms with Gasteiger partial charge in [0.2, 0.25) is 5.91 Å². The lowest BCUT2D eigenvalue weighted by atomic mass is 10.1. The predicted octanol–water partition coefficient (Wildman–Crippen LogP) is 2.83. The summed E-state index contributed by atoms with van der Waals surface area (Å²) in [5.74, 6) is -0.224. The molecule has 3 rings (SSSR count). The molecular weight excluding hydrogens is 314 g/mol. The van der Waals surface area contributed by atoms with Crippen LogP contribution in [0.15, 0.2) is 48.5 Å². The third-order valence-electron chi connectivity index (χ3n) is 4.15. The number of hydrogen-bond acceptors (Lipinski definition) is 3. The van der Waals surface area contributed by atoms with Gasteiger partial charge in [0.1, 0.15) is 0 Å². The van der Waals surface area contributed by atoms with Crippen LogP contribution in [-0.2, 0) is 11.2 Å². The maximum Gasteiger partial charge on any atom is 0.251 e. The zero-order chi connectivity index (χ0) is 17.8. The Kier molecular flexibility index (Phi) is 5.03. The van der Waals surface area contributed by atoms with Crippen LogP contribution in [0.4, 0.5) is 11.4 Å². The highest BCUT2D eigenvalue weighted by atomic mass is 16.2. The van der Waals surface area contributed by atoms with E-state index in [0.29, 0.717) is 17.8 Å². The minimum atomic E-state index is -0.139. The lowest BCUT2D eigenvalue weighted by Crippen LogP contribution is -2.32. The molecule has 0 atom stereocenters. The van der Waals surface area contributed by atoms with Gasteiger partial charge < -0.3 is 15.5 Å². The molecule has 0 fully saturated rings. The Morgan fingerprint density at radius 3 is 2.72 bits per heavy atom. The van der Waals surface area contributed by atoms with Gasteiger partial charge in [-0.05, 0) is 50.1 Å². The summed E-state index contributed by atoms with van der Waals surface area (Å²) in [7, 11) is 0. The van der Waals surface area contributed by atoms with Crippen molar-refractivity contribution >= 4 is 23.2 Å². The summed E-state index contributed by atoms with van der Waals surface area (Å²) in [6.45, 7) is 4.98. The Morgan fingerprint density at radius 1 is 1.12 bits per heavy atom. The van der Waals surface area contributed by atoms with E-state index in [1.165, 1.54) is 5.56 Å². The fraction of sp³-hybridized carbons (Fsp3) is 0.300. The Balaban J connectivity index is 1.63. The second-order valence-electron chi connectivity index (χ2n) is 6.56. The van der Waals surface area contributed by atoms with Gasteiger partial charge in [-0.2, -0.15) is 0 Å². The first-order chi connectivity index (χ1) is 12.0. The van der Waals surface area contributed by atoms with Crippen molar-refractivity contribution < 1.29 is 9.59 Å². The second-order valence-corrected chi connectivity index (χ2v) is 6.56. The SMILES string of the molecule is CC(C)NC(=O)c1cccc(NC(=O)CN2CCc3ccccc32)c1. The maximum absolute atomic E-state index is 12.4. The van der Waals surface area contributed by atoms with Crippen molar-refractivity contribution in [3.05, 3.63) is 59.7 Å². The van der Waals surface area contributed by atoms with Crippen molar-refractivity contribution in [2.75, 3.05) is 23.3 Å². The Hall–Kier alpha value is -2.82. The predicted molar refractivity (Wildman–Crippen MR) is 100 cm³/mol. The molecule has 1 aliphatic heterocycles. The van der Waals surface area contributed by atoms with Gasteiger partial charge in [-0.15, -0.1) is 0 Å². The Bertz CT molecular complexity index is 786. The van der Waals surface area contributed by atoms with Crippen molar-refractivity contribution in [2.24, 2.45) is 0 Å². The lowest BCUT2D eigenvalue weighted by Gasteiger charge is -2.19. The van der Waals surface area contributed by atoms with Crippen molar-refractivity contribution in [2.45, 2.75) is 26.3 Å². The fourth-order valence-electron chi connectivity index (χ4n) is 3.03. The minimum absolute atomic E-state index is 0.0704. The van der Waals surface area contributed by atoms with E-state index in [-0.39, 0.29) is 17.9 Å². The van der Waals surface area contributed by atoms with Gasteiger partial charge >= 0.3 is 0 Å². The van der Waals surface area contributed by atoms with Crippen molar-refractivity contribution in [3.63, 3.8) is 0 Å². The average Bonchev–Trinajstić information content (AvgIpc) is 2.97. The zero-order valence-corrected chi connectivity index (χ0v) is 14.6. The minimum Gasteiger partial charge on any atom is -0.362 e. The molecule has 5 nitrogen and oxygen atoms in total. The molecule has 0 saturated heterocycles. The number of amides is 2. The summed E-state index contributed by atoms with van der Waals surface area (Å²) in [6, 6.07) is 15.2. The van der Waals surface area contributed by atoms with Crippen LogP contribution in [0.2, 0.25) is 0 Å². The second kappa shape index (κ2) is 7.38. The Morgan fingerprint density at radius 2 is 1.92 bits per heavy atom. The molecule has 2 amide bonds. The largest absolute Gasteiger partial charge is 0.362 e. The van der Waals surface area contributed by atoms with Gasteiger partial charge in [0.25, 0.3) is 5.91 Å². The van der Waals surface area contributed by atoms with Gasteiger partial charge in [0, 0.05) is 29.5 Å². The van der Waals surface area contributed by atoms with E-state index in [2.05, 4.69) is 21.6 Å². The molecule has 0 spiro atoms. The van der Waals surface area contributed by atoms with Gasteiger partial charge in [-0.3, -0.25) is 9.59 Å². The molecule has 0 bridgehead atoms.